The Morgan fingerprint density at radius 2 is 2.11 bits per heavy atom. The van der Waals surface area contributed by atoms with Crippen molar-refractivity contribution in [3.05, 3.63) is 55.5 Å². The second-order valence-electron chi connectivity index (χ2n) is 6.46. The molecule has 0 amide bonds. The van der Waals surface area contributed by atoms with Crippen LogP contribution in [0.1, 0.15) is 19.8 Å². The molecule has 28 heavy (non-hydrogen) atoms. The molecule has 7 heteroatoms. The van der Waals surface area contributed by atoms with E-state index in [0.29, 0.717) is 24.0 Å². The summed E-state index contributed by atoms with van der Waals surface area (Å²) in [5.41, 5.74) is 3.16. The van der Waals surface area contributed by atoms with E-state index in [-0.39, 0.29) is 0 Å². The number of hydrogen-bond donors (Lipinski definition) is 1. The number of aryl methyl sites for hydroxylation is 1. The van der Waals surface area contributed by atoms with Gasteiger partial charge in [-0.2, -0.15) is 9.97 Å². The highest BCUT2D eigenvalue weighted by Gasteiger charge is 2.15. The Labute approximate surface area is 163 Å². The largest absolute Gasteiger partial charge is 0.472 e. The number of benzene rings is 1. The fourth-order valence-electron chi connectivity index (χ4n) is 2.97. The molecular weight excluding hydrogens is 352 g/mol. The zero-order valence-corrected chi connectivity index (χ0v) is 15.8. The lowest BCUT2D eigenvalue weighted by Crippen LogP contribution is -2.05. The molecule has 4 aromatic rings. The molecule has 0 aliphatic heterocycles. The first-order valence-corrected chi connectivity index (χ1v) is 9.37. The normalized spacial score (nSPS) is 11.0. The zero-order valence-electron chi connectivity index (χ0n) is 15.8. The highest BCUT2D eigenvalue weighted by atomic mass is 16.5. The summed E-state index contributed by atoms with van der Waals surface area (Å²) in [4.78, 5) is 18.1. The van der Waals surface area contributed by atoms with Crippen molar-refractivity contribution >= 4 is 33.7 Å². The SMILES string of the molecule is C=CCOc1nc(Nc2cnc3ccccc3c2)nc2c1ncn2CCCC. The van der Waals surface area contributed by atoms with Crippen molar-refractivity contribution in [3.8, 4) is 5.88 Å². The quantitative estimate of drug-likeness (QED) is 0.458. The van der Waals surface area contributed by atoms with E-state index in [1.165, 1.54) is 0 Å². The van der Waals surface area contributed by atoms with Crippen LogP contribution in [0.3, 0.4) is 0 Å². The van der Waals surface area contributed by atoms with Gasteiger partial charge >= 0.3 is 0 Å². The van der Waals surface area contributed by atoms with Gasteiger partial charge in [0.1, 0.15) is 6.61 Å². The molecule has 1 N–H and O–H groups in total. The van der Waals surface area contributed by atoms with Crippen LogP contribution in [0.4, 0.5) is 11.6 Å². The van der Waals surface area contributed by atoms with Crippen LogP contribution in [-0.2, 0) is 6.54 Å². The van der Waals surface area contributed by atoms with Crippen molar-refractivity contribution in [3.63, 3.8) is 0 Å². The Kier molecular flexibility index (Phi) is 5.14. The lowest BCUT2D eigenvalue weighted by atomic mass is 10.2. The number of fused-ring (bicyclic) bond motifs is 2. The molecular formula is C21H22N6O. The molecule has 0 fully saturated rings. The number of ether oxygens (including phenoxy) is 1. The molecule has 3 heterocycles. The molecule has 3 aromatic heterocycles. The number of hydrogen-bond acceptors (Lipinski definition) is 6. The molecule has 7 nitrogen and oxygen atoms in total. The van der Waals surface area contributed by atoms with Crippen molar-refractivity contribution in [2.75, 3.05) is 11.9 Å². The molecule has 0 saturated carbocycles. The lowest BCUT2D eigenvalue weighted by molar-refractivity contribution is 0.353. The van der Waals surface area contributed by atoms with Crippen molar-refractivity contribution in [2.24, 2.45) is 0 Å². The van der Waals surface area contributed by atoms with E-state index in [9.17, 15) is 0 Å². The monoisotopic (exact) mass is 374 g/mol. The molecule has 0 aliphatic carbocycles. The van der Waals surface area contributed by atoms with E-state index in [4.69, 9.17) is 4.74 Å². The van der Waals surface area contributed by atoms with E-state index in [2.05, 4.69) is 38.8 Å². The molecule has 0 spiro atoms. The number of nitrogens with one attached hydrogen (secondary N) is 1. The van der Waals surface area contributed by atoms with E-state index >= 15 is 0 Å². The van der Waals surface area contributed by atoms with Crippen LogP contribution in [0, 0.1) is 0 Å². The average molecular weight is 374 g/mol. The first-order valence-electron chi connectivity index (χ1n) is 9.37. The van der Waals surface area contributed by atoms with Crippen LogP contribution in [0.15, 0.2) is 55.5 Å². The van der Waals surface area contributed by atoms with Gasteiger partial charge in [-0.15, -0.1) is 0 Å². The average Bonchev–Trinajstić information content (AvgIpc) is 3.13. The summed E-state index contributed by atoms with van der Waals surface area (Å²) in [6.07, 6.45) is 7.39. The standard InChI is InChI=1S/C21H22N6O/c1-3-5-10-27-14-23-18-19(27)25-21(26-20(18)28-11-4-2)24-16-12-15-8-6-7-9-17(15)22-13-16/h4,6-9,12-14H,2-3,5,10-11H2,1H3,(H,24,25,26). The summed E-state index contributed by atoms with van der Waals surface area (Å²) in [6, 6.07) is 9.99. The molecule has 0 bridgehead atoms. The minimum Gasteiger partial charge on any atom is -0.472 e. The smallest absolute Gasteiger partial charge is 0.247 e. The minimum absolute atomic E-state index is 0.352. The number of rotatable bonds is 8. The molecule has 0 radical (unpaired) electrons. The first kappa shape index (κ1) is 17.9. The molecule has 0 atom stereocenters. The number of para-hydroxylation sites is 1. The summed E-state index contributed by atoms with van der Waals surface area (Å²) in [5, 5.41) is 4.29. The number of anilines is 2. The third-order valence-corrected chi connectivity index (χ3v) is 4.37. The summed E-state index contributed by atoms with van der Waals surface area (Å²) in [5.74, 6) is 0.887. The predicted molar refractivity (Wildman–Crippen MR) is 111 cm³/mol. The van der Waals surface area contributed by atoms with Gasteiger partial charge < -0.3 is 14.6 Å². The van der Waals surface area contributed by atoms with E-state index in [0.717, 1.165) is 41.6 Å². The van der Waals surface area contributed by atoms with Gasteiger partial charge in [0.15, 0.2) is 11.2 Å². The molecule has 1 aromatic carbocycles. The summed E-state index contributed by atoms with van der Waals surface area (Å²) >= 11 is 0. The van der Waals surface area contributed by atoms with Crippen LogP contribution >= 0.6 is 0 Å². The van der Waals surface area contributed by atoms with Gasteiger partial charge in [0.2, 0.25) is 11.8 Å². The second kappa shape index (κ2) is 8.04. The minimum atomic E-state index is 0.352. The van der Waals surface area contributed by atoms with Gasteiger partial charge in [0, 0.05) is 11.9 Å². The van der Waals surface area contributed by atoms with Crippen LogP contribution in [-0.4, -0.2) is 31.1 Å². The number of aromatic nitrogens is 5. The highest BCUT2D eigenvalue weighted by Crippen LogP contribution is 2.25. The van der Waals surface area contributed by atoms with E-state index in [1.807, 2.05) is 34.9 Å². The van der Waals surface area contributed by atoms with Crippen molar-refractivity contribution in [2.45, 2.75) is 26.3 Å². The van der Waals surface area contributed by atoms with E-state index < -0.39 is 0 Å². The highest BCUT2D eigenvalue weighted by molar-refractivity contribution is 5.83. The lowest BCUT2D eigenvalue weighted by Gasteiger charge is -2.10. The third kappa shape index (κ3) is 3.64. The first-order chi connectivity index (χ1) is 13.8. The van der Waals surface area contributed by atoms with Crippen molar-refractivity contribution in [1.29, 1.82) is 0 Å². The number of unbranched alkanes of at least 4 members (excludes halogenated alkanes) is 1. The van der Waals surface area contributed by atoms with Crippen LogP contribution in [0.2, 0.25) is 0 Å². The zero-order chi connectivity index (χ0) is 19.3. The topological polar surface area (TPSA) is 77.8 Å². The Hall–Kier alpha value is -3.48. The third-order valence-electron chi connectivity index (χ3n) is 4.37. The maximum Gasteiger partial charge on any atom is 0.247 e. The second-order valence-corrected chi connectivity index (χ2v) is 6.46. The summed E-state index contributed by atoms with van der Waals surface area (Å²) in [6.45, 7) is 7.06. The summed E-state index contributed by atoms with van der Waals surface area (Å²) < 4.78 is 7.77. The molecule has 4 rings (SSSR count). The number of nitrogens with zero attached hydrogens (tertiary/aromatic N) is 5. The Bertz CT molecular complexity index is 1120. The fourth-order valence-corrected chi connectivity index (χ4v) is 2.97. The van der Waals surface area contributed by atoms with Crippen LogP contribution in [0.5, 0.6) is 5.88 Å². The van der Waals surface area contributed by atoms with Gasteiger partial charge in [0.05, 0.1) is 23.7 Å². The van der Waals surface area contributed by atoms with Gasteiger partial charge in [0.25, 0.3) is 0 Å². The van der Waals surface area contributed by atoms with E-state index in [1.54, 1.807) is 18.6 Å². The summed E-state index contributed by atoms with van der Waals surface area (Å²) in [7, 11) is 0. The van der Waals surface area contributed by atoms with Crippen LogP contribution < -0.4 is 10.1 Å². The van der Waals surface area contributed by atoms with Gasteiger partial charge in [-0.25, -0.2) is 4.98 Å². The Morgan fingerprint density at radius 3 is 2.96 bits per heavy atom. The van der Waals surface area contributed by atoms with Gasteiger partial charge in [-0.3, -0.25) is 4.98 Å². The van der Waals surface area contributed by atoms with Crippen LogP contribution in [0.25, 0.3) is 22.1 Å². The van der Waals surface area contributed by atoms with Crippen molar-refractivity contribution in [1.82, 2.24) is 24.5 Å². The van der Waals surface area contributed by atoms with Crippen molar-refractivity contribution < 1.29 is 4.74 Å². The fraction of sp³-hybridized carbons (Fsp3) is 0.238. The predicted octanol–water partition coefficient (Wildman–Crippen LogP) is 4.48. The number of pyridine rings is 1. The molecule has 142 valence electrons. The Morgan fingerprint density at radius 1 is 1.21 bits per heavy atom. The number of imidazole rings is 1. The van der Waals surface area contributed by atoms with Gasteiger partial charge in [-0.05, 0) is 18.6 Å². The maximum absolute atomic E-state index is 5.73. The molecule has 0 saturated heterocycles. The Balaban J connectivity index is 1.72. The van der Waals surface area contributed by atoms with Gasteiger partial charge in [-0.1, -0.05) is 44.2 Å². The maximum atomic E-state index is 5.73. The molecule has 0 aliphatic rings. The molecule has 0 unspecified atom stereocenters.